The molecule has 2 amide bonds. The highest BCUT2D eigenvalue weighted by atomic mass is 35.5. The van der Waals surface area contributed by atoms with E-state index in [0.717, 1.165) is 37.8 Å². The largest absolute Gasteiger partial charge is 0.476 e. The Morgan fingerprint density at radius 1 is 1.10 bits per heavy atom. The standard InChI is InChI=1S/C19H23N3O6.ClH/c1-13(23)19(18(26)27,28-15-5-3-2-4-6-15)22-12-16(24)21(11-17(22)25)14-7-9-20-10-8-14;/h2-6,14,20H,7-12H2,1H3,(H,26,27);1H. The van der Waals surface area contributed by atoms with Gasteiger partial charge in [0.25, 0.3) is 0 Å². The van der Waals surface area contributed by atoms with Crippen molar-refractivity contribution in [3.8, 4) is 5.75 Å². The van der Waals surface area contributed by atoms with E-state index in [0.29, 0.717) is 0 Å². The molecule has 1 unspecified atom stereocenters. The average molecular weight is 426 g/mol. The minimum Gasteiger partial charge on any atom is -0.476 e. The van der Waals surface area contributed by atoms with Crippen LogP contribution in [0.3, 0.4) is 0 Å². The predicted octanol–water partition coefficient (Wildman–Crippen LogP) is 0.280. The number of rotatable bonds is 6. The molecule has 10 heteroatoms. The highest BCUT2D eigenvalue weighted by Gasteiger charge is 2.57. The lowest BCUT2D eigenvalue weighted by molar-refractivity contribution is -0.191. The van der Waals surface area contributed by atoms with Crippen molar-refractivity contribution in [2.45, 2.75) is 31.5 Å². The fraction of sp³-hybridized carbons (Fsp3) is 0.474. The van der Waals surface area contributed by atoms with Crippen LogP contribution in [-0.4, -0.2) is 76.4 Å². The molecule has 0 aliphatic carbocycles. The summed E-state index contributed by atoms with van der Waals surface area (Å²) < 4.78 is 5.54. The van der Waals surface area contributed by atoms with Crippen molar-refractivity contribution in [2.75, 3.05) is 26.2 Å². The number of carbonyl (C=O) groups is 4. The quantitative estimate of drug-likeness (QED) is 0.629. The Balaban J connectivity index is 0.00000300. The van der Waals surface area contributed by atoms with Gasteiger partial charge in [-0.2, -0.15) is 0 Å². The van der Waals surface area contributed by atoms with Crippen molar-refractivity contribution in [1.82, 2.24) is 15.1 Å². The van der Waals surface area contributed by atoms with Crippen LogP contribution >= 0.6 is 12.4 Å². The summed E-state index contributed by atoms with van der Waals surface area (Å²) in [6.45, 7) is 1.73. The maximum Gasteiger partial charge on any atom is 0.378 e. The highest BCUT2D eigenvalue weighted by Crippen LogP contribution is 2.27. The molecule has 29 heavy (non-hydrogen) atoms. The van der Waals surface area contributed by atoms with Gasteiger partial charge in [0.1, 0.15) is 18.8 Å². The molecule has 0 saturated carbocycles. The van der Waals surface area contributed by atoms with E-state index in [9.17, 15) is 24.3 Å². The maximum atomic E-state index is 12.9. The van der Waals surface area contributed by atoms with Crippen LogP contribution < -0.4 is 10.1 Å². The van der Waals surface area contributed by atoms with Crippen molar-refractivity contribution in [1.29, 1.82) is 0 Å². The first-order valence-electron chi connectivity index (χ1n) is 9.15. The summed E-state index contributed by atoms with van der Waals surface area (Å²) in [5.74, 6) is -3.44. The molecule has 0 aromatic heterocycles. The van der Waals surface area contributed by atoms with Crippen molar-refractivity contribution in [3.05, 3.63) is 30.3 Å². The predicted molar refractivity (Wildman–Crippen MR) is 105 cm³/mol. The molecular formula is C19H24ClN3O6. The summed E-state index contributed by atoms with van der Waals surface area (Å²) in [4.78, 5) is 52.4. The molecule has 2 aliphatic rings. The van der Waals surface area contributed by atoms with Gasteiger partial charge < -0.3 is 20.1 Å². The second kappa shape index (κ2) is 9.23. The Labute approximate surface area is 174 Å². The fourth-order valence-corrected chi connectivity index (χ4v) is 3.66. The topological polar surface area (TPSA) is 116 Å². The summed E-state index contributed by atoms with van der Waals surface area (Å²) >= 11 is 0. The molecule has 2 fully saturated rings. The van der Waals surface area contributed by atoms with Crippen molar-refractivity contribution < 1.29 is 29.0 Å². The molecule has 1 aromatic rings. The SMILES string of the molecule is CC(=O)C(Oc1ccccc1)(C(=O)O)N1CC(=O)N(C2CCNCC2)CC1=O.Cl. The third-order valence-corrected chi connectivity index (χ3v) is 5.13. The van der Waals surface area contributed by atoms with E-state index < -0.39 is 35.8 Å². The number of halogens is 1. The molecule has 2 heterocycles. The number of carboxylic acids is 1. The minimum absolute atomic E-state index is 0. The van der Waals surface area contributed by atoms with Gasteiger partial charge in [-0.05, 0) is 38.1 Å². The smallest absolute Gasteiger partial charge is 0.378 e. The zero-order valence-corrected chi connectivity index (χ0v) is 16.8. The number of ketones is 1. The number of hydrogen-bond donors (Lipinski definition) is 2. The summed E-state index contributed by atoms with van der Waals surface area (Å²) in [5.41, 5.74) is -2.59. The molecule has 1 aromatic carbocycles. The number of carbonyl (C=O) groups excluding carboxylic acids is 3. The third kappa shape index (κ3) is 4.35. The molecular weight excluding hydrogens is 402 g/mol. The second-order valence-electron chi connectivity index (χ2n) is 6.90. The molecule has 3 rings (SSSR count). The van der Waals surface area contributed by atoms with Gasteiger partial charge >= 0.3 is 11.7 Å². The number of nitrogens with zero attached hydrogens (tertiary/aromatic N) is 2. The first kappa shape index (κ1) is 22.6. The lowest BCUT2D eigenvalue weighted by Crippen LogP contribution is -2.71. The third-order valence-electron chi connectivity index (χ3n) is 5.13. The van der Waals surface area contributed by atoms with Crippen LogP contribution in [0.4, 0.5) is 0 Å². The lowest BCUT2D eigenvalue weighted by atomic mass is 10.0. The average Bonchev–Trinajstić information content (AvgIpc) is 2.68. The van der Waals surface area contributed by atoms with Gasteiger partial charge in [0, 0.05) is 13.0 Å². The number of benzene rings is 1. The normalized spacial score (nSPS) is 19.9. The Kier molecular flexibility index (Phi) is 7.21. The van der Waals surface area contributed by atoms with E-state index in [1.807, 2.05) is 0 Å². The molecule has 0 bridgehead atoms. The van der Waals surface area contributed by atoms with Gasteiger partial charge in [0.2, 0.25) is 17.6 Å². The van der Waals surface area contributed by atoms with Crippen molar-refractivity contribution in [2.24, 2.45) is 0 Å². The monoisotopic (exact) mass is 425 g/mol. The molecule has 9 nitrogen and oxygen atoms in total. The van der Waals surface area contributed by atoms with Crippen molar-refractivity contribution in [3.63, 3.8) is 0 Å². The number of piperidine rings is 1. The number of ether oxygens (including phenoxy) is 1. The van der Waals surface area contributed by atoms with E-state index in [4.69, 9.17) is 4.74 Å². The molecule has 1 atom stereocenters. The van der Waals surface area contributed by atoms with E-state index >= 15 is 0 Å². The van der Waals surface area contributed by atoms with Crippen LogP contribution in [0.5, 0.6) is 5.75 Å². The molecule has 2 aliphatic heterocycles. The minimum atomic E-state index is -2.59. The van der Waals surface area contributed by atoms with Gasteiger partial charge in [-0.15, -0.1) is 12.4 Å². The number of piperazine rings is 1. The van der Waals surface area contributed by atoms with Gasteiger partial charge in [-0.25, -0.2) is 4.79 Å². The number of nitrogens with one attached hydrogen (secondary N) is 1. The summed E-state index contributed by atoms with van der Waals surface area (Å²) in [5, 5.41) is 13.0. The molecule has 0 radical (unpaired) electrons. The van der Waals surface area contributed by atoms with Gasteiger partial charge in [0.05, 0.1) is 0 Å². The second-order valence-corrected chi connectivity index (χ2v) is 6.90. The maximum absolute atomic E-state index is 12.9. The Morgan fingerprint density at radius 3 is 2.28 bits per heavy atom. The van der Waals surface area contributed by atoms with Crippen LogP contribution in [0.2, 0.25) is 0 Å². The fourth-order valence-electron chi connectivity index (χ4n) is 3.66. The van der Waals surface area contributed by atoms with E-state index in [2.05, 4.69) is 5.32 Å². The molecule has 2 saturated heterocycles. The number of para-hydroxylation sites is 1. The van der Waals surface area contributed by atoms with Crippen LogP contribution in [0.25, 0.3) is 0 Å². The molecule has 158 valence electrons. The highest BCUT2D eigenvalue weighted by molar-refractivity contribution is 6.09. The summed E-state index contributed by atoms with van der Waals surface area (Å²) in [7, 11) is 0. The number of hydrogen-bond acceptors (Lipinski definition) is 6. The van der Waals surface area contributed by atoms with E-state index in [1.165, 1.54) is 17.0 Å². The number of aliphatic carboxylic acids is 1. The van der Waals surface area contributed by atoms with Crippen LogP contribution in [0.1, 0.15) is 19.8 Å². The summed E-state index contributed by atoms with van der Waals surface area (Å²) in [6, 6.07) is 7.83. The first-order chi connectivity index (χ1) is 13.4. The van der Waals surface area contributed by atoms with Gasteiger partial charge in [0.15, 0.2) is 0 Å². The molecule has 2 N–H and O–H groups in total. The lowest BCUT2D eigenvalue weighted by Gasteiger charge is -2.44. The van der Waals surface area contributed by atoms with E-state index in [1.54, 1.807) is 18.2 Å². The number of Topliss-reactive ketones (excluding diaryl/α,β-unsaturated/α-hetero) is 1. The Bertz CT molecular complexity index is 767. The van der Waals surface area contributed by atoms with E-state index in [-0.39, 0.29) is 30.7 Å². The van der Waals surface area contributed by atoms with Gasteiger partial charge in [-0.3, -0.25) is 19.3 Å². The zero-order chi connectivity index (χ0) is 20.3. The molecule has 0 spiro atoms. The van der Waals surface area contributed by atoms with Crippen molar-refractivity contribution >= 4 is 36.0 Å². The zero-order valence-electron chi connectivity index (χ0n) is 16.0. The first-order valence-corrected chi connectivity index (χ1v) is 9.15. The van der Waals surface area contributed by atoms with Crippen LogP contribution in [-0.2, 0) is 19.2 Å². The van der Waals surface area contributed by atoms with Crippen LogP contribution in [0.15, 0.2) is 30.3 Å². The number of amides is 2. The Hall–Kier alpha value is -2.65. The Morgan fingerprint density at radius 2 is 1.72 bits per heavy atom. The summed E-state index contributed by atoms with van der Waals surface area (Å²) in [6.07, 6.45) is 1.44. The van der Waals surface area contributed by atoms with Crippen LogP contribution in [0, 0.1) is 0 Å². The van der Waals surface area contributed by atoms with Gasteiger partial charge in [-0.1, -0.05) is 18.2 Å². The number of carboxylic acid groups (broad SMARTS) is 1.